The van der Waals surface area contributed by atoms with Crippen molar-refractivity contribution in [3.05, 3.63) is 0 Å². The molecule has 0 amide bonds. The molecule has 0 heteroatoms. The van der Waals surface area contributed by atoms with Crippen molar-refractivity contribution in [3.63, 3.8) is 0 Å². The minimum atomic E-state index is 0.563. The Kier molecular flexibility index (Phi) is 1.79. The maximum atomic E-state index is 2.44. The normalized spacial score (nSPS) is 41.8. The third-order valence-electron chi connectivity index (χ3n) is 4.47. The Balaban J connectivity index is 2.13. The van der Waals surface area contributed by atoms with Gasteiger partial charge < -0.3 is 0 Å². The molecule has 12 heavy (non-hydrogen) atoms. The topological polar surface area (TPSA) is 0 Å². The van der Waals surface area contributed by atoms with Gasteiger partial charge in [0.15, 0.2) is 0 Å². The largest absolute Gasteiger partial charge is 0.0596 e. The SMILES string of the molecule is CC(C)(C)C12CCCCC(C1)C2. The van der Waals surface area contributed by atoms with Gasteiger partial charge in [0.1, 0.15) is 0 Å². The number of rotatable bonds is 0. The van der Waals surface area contributed by atoms with Crippen LogP contribution in [0.3, 0.4) is 0 Å². The third kappa shape index (κ3) is 1.11. The van der Waals surface area contributed by atoms with Crippen molar-refractivity contribution in [1.29, 1.82) is 0 Å². The first-order chi connectivity index (χ1) is 5.54. The average molecular weight is 166 g/mol. The first-order valence-electron chi connectivity index (χ1n) is 5.54. The highest BCUT2D eigenvalue weighted by molar-refractivity contribution is 5.02. The van der Waals surface area contributed by atoms with Gasteiger partial charge in [-0.25, -0.2) is 0 Å². The summed E-state index contributed by atoms with van der Waals surface area (Å²) in [5, 5.41) is 0. The van der Waals surface area contributed by atoms with Crippen molar-refractivity contribution in [2.45, 2.75) is 59.3 Å². The summed E-state index contributed by atoms with van der Waals surface area (Å²) in [5.74, 6) is 1.10. The van der Waals surface area contributed by atoms with Crippen LogP contribution in [0.25, 0.3) is 0 Å². The van der Waals surface area contributed by atoms with Crippen molar-refractivity contribution in [3.8, 4) is 0 Å². The molecule has 3 fully saturated rings. The Hall–Kier alpha value is 0. The molecular formula is C12H22. The van der Waals surface area contributed by atoms with Gasteiger partial charge in [0, 0.05) is 0 Å². The molecule has 2 bridgehead atoms. The molecule has 3 rings (SSSR count). The molecule has 0 spiro atoms. The van der Waals surface area contributed by atoms with E-state index in [1.165, 1.54) is 38.5 Å². The van der Waals surface area contributed by atoms with E-state index in [0.717, 1.165) is 11.3 Å². The maximum absolute atomic E-state index is 2.44. The van der Waals surface area contributed by atoms with Gasteiger partial charge in [-0.1, -0.05) is 40.0 Å². The summed E-state index contributed by atoms with van der Waals surface area (Å²) in [5.41, 5.74) is 1.31. The van der Waals surface area contributed by atoms with E-state index in [1.54, 1.807) is 0 Å². The van der Waals surface area contributed by atoms with Gasteiger partial charge in [-0.2, -0.15) is 0 Å². The highest BCUT2D eigenvalue weighted by atomic mass is 14.6. The second-order valence-electron chi connectivity index (χ2n) is 6.05. The fraction of sp³-hybridized carbons (Fsp3) is 1.00. The van der Waals surface area contributed by atoms with E-state index in [2.05, 4.69) is 20.8 Å². The lowest BCUT2D eigenvalue weighted by molar-refractivity contribution is -0.0481. The zero-order valence-electron chi connectivity index (χ0n) is 8.82. The lowest BCUT2D eigenvalue weighted by Crippen LogP contribution is -2.45. The second-order valence-corrected chi connectivity index (χ2v) is 6.05. The van der Waals surface area contributed by atoms with Gasteiger partial charge in [-0.3, -0.25) is 0 Å². The van der Waals surface area contributed by atoms with Crippen LogP contribution in [-0.4, -0.2) is 0 Å². The minimum Gasteiger partial charge on any atom is -0.0596 e. The van der Waals surface area contributed by atoms with Crippen LogP contribution >= 0.6 is 0 Å². The van der Waals surface area contributed by atoms with Crippen LogP contribution < -0.4 is 0 Å². The molecule has 70 valence electrons. The number of fused-ring (bicyclic) bond motifs is 3. The van der Waals surface area contributed by atoms with Crippen molar-refractivity contribution in [2.75, 3.05) is 0 Å². The highest BCUT2D eigenvalue weighted by Crippen LogP contribution is 2.62. The van der Waals surface area contributed by atoms with E-state index in [9.17, 15) is 0 Å². The first kappa shape index (κ1) is 8.59. The van der Waals surface area contributed by atoms with Gasteiger partial charge in [0.2, 0.25) is 0 Å². The summed E-state index contributed by atoms with van der Waals surface area (Å²) in [6, 6.07) is 0. The predicted molar refractivity (Wildman–Crippen MR) is 53.1 cm³/mol. The lowest BCUT2D eigenvalue weighted by Gasteiger charge is -2.55. The summed E-state index contributed by atoms with van der Waals surface area (Å²) < 4.78 is 0. The van der Waals surface area contributed by atoms with Crippen LogP contribution in [0.1, 0.15) is 59.3 Å². The van der Waals surface area contributed by atoms with E-state index in [-0.39, 0.29) is 0 Å². The Morgan fingerprint density at radius 1 is 1.08 bits per heavy atom. The molecule has 0 aliphatic heterocycles. The third-order valence-corrected chi connectivity index (χ3v) is 4.47. The van der Waals surface area contributed by atoms with Gasteiger partial charge in [-0.05, 0) is 36.0 Å². The molecular weight excluding hydrogens is 144 g/mol. The molecule has 0 nitrogen and oxygen atoms in total. The zero-order valence-corrected chi connectivity index (χ0v) is 8.82. The fourth-order valence-electron chi connectivity index (χ4n) is 3.34. The van der Waals surface area contributed by atoms with Crippen LogP contribution in [0.4, 0.5) is 0 Å². The molecule has 0 heterocycles. The summed E-state index contributed by atoms with van der Waals surface area (Å²) in [7, 11) is 0. The number of hydrogen-bond donors (Lipinski definition) is 0. The molecule has 0 atom stereocenters. The van der Waals surface area contributed by atoms with E-state index >= 15 is 0 Å². The van der Waals surface area contributed by atoms with Gasteiger partial charge in [-0.15, -0.1) is 0 Å². The molecule has 0 aromatic carbocycles. The molecule has 0 aromatic rings. The molecule has 0 unspecified atom stereocenters. The molecule has 0 saturated heterocycles. The fourth-order valence-corrected chi connectivity index (χ4v) is 3.34. The van der Waals surface area contributed by atoms with E-state index in [0.29, 0.717) is 5.41 Å². The Labute approximate surface area is 76.7 Å². The number of hydrogen-bond acceptors (Lipinski definition) is 0. The van der Waals surface area contributed by atoms with Crippen molar-refractivity contribution in [2.24, 2.45) is 16.7 Å². The van der Waals surface area contributed by atoms with Crippen LogP contribution in [0.15, 0.2) is 0 Å². The molecule has 3 aliphatic carbocycles. The van der Waals surface area contributed by atoms with Crippen molar-refractivity contribution < 1.29 is 0 Å². The van der Waals surface area contributed by atoms with E-state index in [1.807, 2.05) is 0 Å². The quantitative estimate of drug-likeness (QED) is 0.510. The van der Waals surface area contributed by atoms with Crippen LogP contribution in [-0.2, 0) is 0 Å². The summed E-state index contributed by atoms with van der Waals surface area (Å²) in [6.45, 7) is 7.32. The van der Waals surface area contributed by atoms with Crippen LogP contribution in [0.2, 0.25) is 0 Å². The molecule has 0 aromatic heterocycles. The predicted octanol–water partition coefficient (Wildman–Crippen LogP) is 4.00. The first-order valence-corrected chi connectivity index (χ1v) is 5.54. The average Bonchev–Trinajstić information content (AvgIpc) is 2.11. The van der Waals surface area contributed by atoms with E-state index < -0.39 is 0 Å². The van der Waals surface area contributed by atoms with Crippen molar-refractivity contribution >= 4 is 0 Å². The second kappa shape index (κ2) is 2.49. The monoisotopic (exact) mass is 166 g/mol. The lowest BCUT2D eigenvalue weighted by atomic mass is 9.50. The Bertz CT molecular complexity index is 161. The molecule has 3 aliphatic rings. The Morgan fingerprint density at radius 3 is 2.33 bits per heavy atom. The molecule has 0 radical (unpaired) electrons. The summed E-state index contributed by atoms with van der Waals surface area (Å²) in [6.07, 6.45) is 9.11. The van der Waals surface area contributed by atoms with E-state index in [4.69, 9.17) is 0 Å². The molecule has 0 N–H and O–H groups in total. The smallest absolute Gasteiger partial charge is 0.0244 e. The summed E-state index contributed by atoms with van der Waals surface area (Å²) in [4.78, 5) is 0. The zero-order chi connectivity index (χ0) is 8.82. The van der Waals surface area contributed by atoms with Gasteiger partial charge >= 0.3 is 0 Å². The van der Waals surface area contributed by atoms with Crippen molar-refractivity contribution in [1.82, 2.24) is 0 Å². The highest BCUT2D eigenvalue weighted by Gasteiger charge is 2.51. The standard InChI is InChI=1S/C12H22/c1-11(2,3)12-7-5-4-6-10(8-12)9-12/h10H,4-9H2,1-3H3. The maximum Gasteiger partial charge on any atom is -0.0244 e. The molecule has 3 saturated carbocycles. The minimum absolute atomic E-state index is 0.563. The summed E-state index contributed by atoms with van der Waals surface area (Å²) >= 11 is 0. The van der Waals surface area contributed by atoms with Crippen LogP contribution in [0.5, 0.6) is 0 Å². The Morgan fingerprint density at radius 2 is 1.75 bits per heavy atom. The van der Waals surface area contributed by atoms with Gasteiger partial charge in [0.25, 0.3) is 0 Å². The van der Waals surface area contributed by atoms with Gasteiger partial charge in [0.05, 0.1) is 0 Å². The van der Waals surface area contributed by atoms with Crippen LogP contribution in [0, 0.1) is 16.7 Å².